The second-order valence-corrected chi connectivity index (χ2v) is 5.66. The van der Waals surface area contributed by atoms with Gasteiger partial charge in [0, 0.05) is 25.4 Å². The van der Waals surface area contributed by atoms with Gasteiger partial charge in [0.1, 0.15) is 6.04 Å². The maximum atomic E-state index is 12.5. The van der Waals surface area contributed by atoms with Crippen molar-refractivity contribution in [2.45, 2.75) is 25.3 Å². The van der Waals surface area contributed by atoms with Crippen LogP contribution < -0.4 is 5.32 Å². The van der Waals surface area contributed by atoms with Crippen molar-refractivity contribution in [3.63, 3.8) is 0 Å². The van der Waals surface area contributed by atoms with Gasteiger partial charge < -0.3 is 15.3 Å². The number of likely N-dealkylation sites (tertiary alicyclic amines) is 1. The lowest BCUT2D eigenvalue weighted by Gasteiger charge is -2.22. The van der Waals surface area contributed by atoms with Gasteiger partial charge in [-0.2, -0.15) is 0 Å². The fourth-order valence-electron chi connectivity index (χ4n) is 2.33. The second-order valence-electron chi connectivity index (χ2n) is 4.75. The van der Waals surface area contributed by atoms with E-state index in [0.29, 0.717) is 24.9 Å². The number of carbonyl (C=O) groups is 2. The van der Waals surface area contributed by atoms with Crippen molar-refractivity contribution in [1.29, 1.82) is 0 Å². The van der Waals surface area contributed by atoms with Gasteiger partial charge in [-0.15, -0.1) is 11.3 Å². The first-order valence-corrected chi connectivity index (χ1v) is 7.76. The first-order valence-electron chi connectivity index (χ1n) is 6.88. The minimum Gasteiger partial charge on any atom is -0.395 e. The fourth-order valence-corrected chi connectivity index (χ4v) is 3.08. The molecule has 1 aromatic heterocycles. The molecule has 1 aliphatic heterocycles. The Bertz CT molecular complexity index is 585. The minimum atomic E-state index is -0.369. The van der Waals surface area contributed by atoms with E-state index >= 15 is 0 Å². The summed E-state index contributed by atoms with van der Waals surface area (Å²) in [6, 6.07) is 1.38. The molecule has 2 heterocycles. The molecule has 112 valence electrons. The smallest absolute Gasteiger partial charge is 0.255 e. The Morgan fingerprint density at radius 2 is 2.38 bits per heavy atom. The number of nitrogens with one attached hydrogen (secondary N) is 1. The molecule has 0 spiro atoms. The average molecular weight is 306 g/mol. The van der Waals surface area contributed by atoms with E-state index in [1.807, 2.05) is 0 Å². The molecule has 1 aliphatic rings. The third kappa shape index (κ3) is 3.63. The summed E-state index contributed by atoms with van der Waals surface area (Å²) in [5, 5.41) is 13.1. The Morgan fingerprint density at radius 1 is 1.57 bits per heavy atom. The van der Waals surface area contributed by atoms with Crippen molar-refractivity contribution in [3.8, 4) is 11.8 Å². The van der Waals surface area contributed by atoms with Gasteiger partial charge in [-0.1, -0.05) is 11.8 Å². The van der Waals surface area contributed by atoms with Crippen LogP contribution in [0.1, 0.15) is 34.5 Å². The summed E-state index contributed by atoms with van der Waals surface area (Å²) in [7, 11) is 1.59. The quantitative estimate of drug-likeness (QED) is 0.813. The van der Waals surface area contributed by atoms with Crippen molar-refractivity contribution < 1.29 is 14.7 Å². The Balaban J connectivity index is 2.10. The van der Waals surface area contributed by atoms with Crippen molar-refractivity contribution in [3.05, 3.63) is 21.9 Å². The predicted molar refractivity (Wildman–Crippen MR) is 81.0 cm³/mol. The number of amides is 2. The Morgan fingerprint density at radius 3 is 3.10 bits per heavy atom. The summed E-state index contributed by atoms with van der Waals surface area (Å²) in [6.07, 6.45) is 1.97. The van der Waals surface area contributed by atoms with Crippen LogP contribution in [-0.2, 0) is 4.79 Å². The van der Waals surface area contributed by atoms with Crippen LogP contribution in [0.3, 0.4) is 0 Å². The van der Waals surface area contributed by atoms with Crippen molar-refractivity contribution >= 4 is 23.2 Å². The van der Waals surface area contributed by atoms with Gasteiger partial charge in [0.15, 0.2) is 0 Å². The second kappa shape index (κ2) is 7.25. The van der Waals surface area contributed by atoms with Gasteiger partial charge in [-0.25, -0.2) is 0 Å². The molecule has 1 aromatic rings. The SMILES string of the molecule is CNC(=O)C1CCCN1C(=O)c1csc(C#CCCO)c1. The van der Waals surface area contributed by atoms with E-state index in [2.05, 4.69) is 17.2 Å². The summed E-state index contributed by atoms with van der Waals surface area (Å²) < 4.78 is 0. The number of aliphatic hydroxyl groups excluding tert-OH is 1. The van der Waals surface area contributed by atoms with E-state index in [-0.39, 0.29) is 24.5 Å². The number of rotatable bonds is 3. The minimum absolute atomic E-state index is 0.0335. The molecule has 2 amide bonds. The zero-order valence-electron chi connectivity index (χ0n) is 11.9. The van der Waals surface area contributed by atoms with Crippen molar-refractivity contribution in [1.82, 2.24) is 10.2 Å². The molecule has 0 bridgehead atoms. The van der Waals surface area contributed by atoms with E-state index < -0.39 is 0 Å². The first kappa shape index (κ1) is 15.5. The van der Waals surface area contributed by atoms with Crippen molar-refractivity contribution in [2.75, 3.05) is 20.2 Å². The van der Waals surface area contributed by atoms with E-state index in [1.54, 1.807) is 23.4 Å². The standard InChI is InChI=1S/C15H18N2O3S/c1-16-14(19)13-6-4-7-17(13)15(20)11-9-12(21-10-11)5-2-3-8-18/h9-10,13,18H,3-4,6-8H2,1H3,(H,16,19). The van der Waals surface area contributed by atoms with Crippen molar-refractivity contribution in [2.24, 2.45) is 0 Å². The zero-order valence-corrected chi connectivity index (χ0v) is 12.7. The number of thiophene rings is 1. The highest BCUT2D eigenvalue weighted by Crippen LogP contribution is 2.22. The molecule has 2 rings (SSSR count). The van der Waals surface area contributed by atoms with Gasteiger partial charge in [0.25, 0.3) is 5.91 Å². The number of aliphatic hydroxyl groups is 1. The molecule has 1 saturated heterocycles. The number of nitrogens with zero attached hydrogens (tertiary/aromatic N) is 1. The highest BCUT2D eigenvalue weighted by atomic mass is 32.1. The van der Waals surface area contributed by atoms with Gasteiger partial charge >= 0.3 is 0 Å². The molecule has 1 atom stereocenters. The maximum absolute atomic E-state index is 12.5. The number of hydrogen-bond donors (Lipinski definition) is 2. The van der Waals surface area contributed by atoms with Crippen LogP contribution in [0.25, 0.3) is 0 Å². The lowest BCUT2D eigenvalue weighted by atomic mass is 10.2. The van der Waals surface area contributed by atoms with Crippen LogP contribution >= 0.6 is 11.3 Å². The fraction of sp³-hybridized carbons (Fsp3) is 0.467. The molecule has 21 heavy (non-hydrogen) atoms. The van der Waals surface area contributed by atoms with Crippen LogP contribution in [0.4, 0.5) is 0 Å². The van der Waals surface area contributed by atoms with Crippen LogP contribution in [0.15, 0.2) is 11.4 Å². The van der Waals surface area contributed by atoms with Crippen LogP contribution in [-0.4, -0.2) is 48.1 Å². The molecule has 6 heteroatoms. The van der Waals surface area contributed by atoms with E-state index in [0.717, 1.165) is 11.3 Å². The largest absolute Gasteiger partial charge is 0.395 e. The average Bonchev–Trinajstić information content (AvgIpc) is 3.15. The first-order chi connectivity index (χ1) is 10.2. The lowest BCUT2D eigenvalue weighted by Crippen LogP contribution is -2.44. The summed E-state index contributed by atoms with van der Waals surface area (Å²) in [4.78, 5) is 26.7. The normalized spacial score (nSPS) is 17.2. The number of hydrogen-bond acceptors (Lipinski definition) is 4. The van der Waals surface area contributed by atoms with E-state index in [1.165, 1.54) is 11.3 Å². The van der Waals surface area contributed by atoms with Gasteiger partial charge in [0.05, 0.1) is 17.0 Å². The molecule has 1 fully saturated rings. The van der Waals surface area contributed by atoms with Gasteiger partial charge in [0.2, 0.25) is 5.91 Å². The third-order valence-corrected chi connectivity index (χ3v) is 4.20. The summed E-state index contributed by atoms with van der Waals surface area (Å²) in [5.41, 5.74) is 0.573. The predicted octanol–water partition coefficient (Wildman–Crippen LogP) is 0.833. The Hall–Kier alpha value is -1.84. The molecule has 0 radical (unpaired) electrons. The van der Waals surface area contributed by atoms with Gasteiger partial charge in [-0.3, -0.25) is 9.59 Å². The summed E-state index contributed by atoms with van der Waals surface area (Å²) in [6.45, 7) is 0.643. The maximum Gasteiger partial charge on any atom is 0.255 e. The topological polar surface area (TPSA) is 69.6 Å². The van der Waals surface area contributed by atoms with Crippen LogP contribution in [0.2, 0.25) is 0 Å². The van der Waals surface area contributed by atoms with E-state index in [4.69, 9.17) is 5.11 Å². The highest BCUT2D eigenvalue weighted by molar-refractivity contribution is 7.10. The molecule has 5 nitrogen and oxygen atoms in total. The third-order valence-electron chi connectivity index (χ3n) is 3.36. The number of carbonyl (C=O) groups excluding carboxylic acids is 2. The highest BCUT2D eigenvalue weighted by Gasteiger charge is 2.34. The van der Waals surface area contributed by atoms with Crippen LogP contribution in [0.5, 0.6) is 0 Å². The zero-order chi connectivity index (χ0) is 15.2. The number of likely N-dealkylation sites (N-methyl/N-ethyl adjacent to an activating group) is 1. The molecule has 0 aromatic carbocycles. The molecule has 0 saturated carbocycles. The summed E-state index contributed by atoms with van der Waals surface area (Å²) >= 11 is 1.40. The monoisotopic (exact) mass is 306 g/mol. The lowest BCUT2D eigenvalue weighted by molar-refractivity contribution is -0.124. The van der Waals surface area contributed by atoms with E-state index in [9.17, 15) is 9.59 Å². The van der Waals surface area contributed by atoms with Gasteiger partial charge in [-0.05, 0) is 18.9 Å². The Labute approximate surface area is 128 Å². The molecule has 1 unspecified atom stereocenters. The molecule has 2 N–H and O–H groups in total. The van der Waals surface area contributed by atoms with Crippen LogP contribution in [0, 0.1) is 11.8 Å². The Kier molecular flexibility index (Phi) is 5.37. The molecular formula is C15H18N2O3S. The molecular weight excluding hydrogens is 288 g/mol. The summed E-state index contributed by atoms with van der Waals surface area (Å²) in [5.74, 6) is 5.52. The molecule has 0 aliphatic carbocycles.